The molecule has 1 aromatic rings. The van der Waals surface area contributed by atoms with Crippen molar-refractivity contribution < 1.29 is 19.1 Å². The third kappa shape index (κ3) is 6.16. The van der Waals surface area contributed by atoms with Crippen LogP contribution in [0.15, 0.2) is 18.3 Å². The summed E-state index contributed by atoms with van der Waals surface area (Å²) in [6.45, 7) is 7.43. The van der Waals surface area contributed by atoms with Crippen LogP contribution in [0.25, 0.3) is 0 Å². The molecule has 7 heteroatoms. The molecule has 0 aliphatic carbocycles. The Labute approximate surface area is 142 Å². The third-order valence-corrected chi connectivity index (χ3v) is 3.45. The minimum Gasteiger partial charge on any atom is -0.444 e. The second-order valence-corrected chi connectivity index (χ2v) is 6.85. The molecule has 1 aliphatic rings. The normalized spacial score (nSPS) is 17.9. The molecule has 0 aromatic carbocycles. The van der Waals surface area contributed by atoms with Crippen LogP contribution in [0.3, 0.4) is 0 Å². The van der Waals surface area contributed by atoms with E-state index in [1.165, 1.54) is 6.20 Å². The van der Waals surface area contributed by atoms with Crippen molar-refractivity contribution in [1.82, 2.24) is 10.3 Å². The number of carbonyl (C=O) groups excluding carboxylic acids is 2. The number of anilines is 1. The summed E-state index contributed by atoms with van der Waals surface area (Å²) in [5.74, 6) is 0.125. The van der Waals surface area contributed by atoms with Crippen LogP contribution >= 0.6 is 0 Å². The van der Waals surface area contributed by atoms with Crippen LogP contribution in [0.2, 0.25) is 0 Å². The molecule has 2 rings (SSSR count). The summed E-state index contributed by atoms with van der Waals surface area (Å²) in [6.07, 6.45) is 2.97. The first kappa shape index (κ1) is 18.2. The SMILES string of the molecule is CC(C)(C)OC(=O)Nc1ccc(C(=O)NCC2CCCOC2)nc1. The van der Waals surface area contributed by atoms with E-state index in [-0.39, 0.29) is 5.91 Å². The highest BCUT2D eigenvalue weighted by Gasteiger charge is 2.17. The van der Waals surface area contributed by atoms with E-state index in [9.17, 15) is 9.59 Å². The highest BCUT2D eigenvalue weighted by atomic mass is 16.6. The van der Waals surface area contributed by atoms with Crippen molar-refractivity contribution >= 4 is 17.7 Å². The Morgan fingerprint density at radius 3 is 2.75 bits per heavy atom. The number of nitrogens with zero attached hydrogens (tertiary/aromatic N) is 1. The Balaban J connectivity index is 1.82. The summed E-state index contributed by atoms with van der Waals surface area (Å²) in [7, 11) is 0. The topological polar surface area (TPSA) is 89.5 Å². The fourth-order valence-corrected chi connectivity index (χ4v) is 2.32. The number of hydrogen-bond acceptors (Lipinski definition) is 5. The van der Waals surface area contributed by atoms with Gasteiger partial charge in [0.15, 0.2) is 0 Å². The van der Waals surface area contributed by atoms with Crippen molar-refractivity contribution in [3.05, 3.63) is 24.0 Å². The lowest BCUT2D eigenvalue weighted by Gasteiger charge is -2.22. The minimum absolute atomic E-state index is 0.232. The third-order valence-electron chi connectivity index (χ3n) is 3.45. The van der Waals surface area contributed by atoms with E-state index in [0.717, 1.165) is 19.4 Å². The van der Waals surface area contributed by atoms with Gasteiger partial charge >= 0.3 is 6.09 Å². The first-order valence-corrected chi connectivity index (χ1v) is 8.15. The van der Waals surface area contributed by atoms with E-state index in [0.29, 0.717) is 30.5 Å². The van der Waals surface area contributed by atoms with Crippen molar-refractivity contribution in [2.24, 2.45) is 5.92 Å². The second kappa shape index (κ2) is 8.10. The van der Waals surface area contributed by atoms with Crippen LogP contribution in [0.1, 0.15) is 44.1 Å². The molecule has 7 nitrogen and oxygen atoms in total. The average molecular weight is 335 g/mol. The molecule has 0 spiro atoms. The number of pyridine rings is 1. The molecule has 2 N–H and O–H groups in total. The maximum atomic E-state index is 12.1. The van der Waals surface area contributed by atoms with E-state index in [4.69, 9.17) is 9.47 Å². The molecular weight excluding hydrogens is 310 g/mol. The minimum atomic E-state index is -0.569. The van der Waals surface area contributed by atoms with Crippen molar-refractivity contribution in [2.75, 3.05) is 25.1 Å². The van der Waals surface area contributed by atoms with Crippen molar-refractivity contribution in [3.8, 4) is 0 Å². The van der Waals surface area contributed by atoms with Crippen LogP contribution in [-0.4, -0.2) is 42.3 Å². The number of nitrogens with one attached hydrogen (secondary N) is 2. The van der Waals surface area contributed by atoms with Gasteiger partial charge in [-0.15, -0.1) is 0 Å². The number of rotatable bonds is 4. The molecule has 1 aromatic heterocycles. The number of aromatic nitrogens is 1. The monoisotopic (exact) mass is 335 g/mol. The summed E-state index contributed by atoms with van der Waals surface area (Å²) in [6, 6.07) is 3.19. The molecule has 1 fully saturated rings. The molecule has 0 saturated carbocycles. The molecule has 2 amide bonds. The predicted octanol–water partition coefficient (Wildman–Crippen LogP) is 2.59. The maximum Gasteiger partial charge on any atom is 0.412 e. The Bertz CT molecular complexity index is 560. The second-order valence-electron chi connectivity index (χ2n) is 6.85. The number of carbonyl (C=O) groups is 2. The number of amides is 2. The molecule has 0 radical (unpaired) electrons. The van der Waals surface area contributed by atoms with Crippen molar-refractivity contribution in [2.45, 2.75) is 39.2 Å². The Hall–Kier alpha value is -2.15. The molecule has 1 saturated heterocycles. The first-order valence-electron chi connectivity index (χ1n) is 8.15. The quantitative estimate of drug-likeness (QED) is 0.883. The molecule has 24 heavy (non-hydrogen) atoms. The van der Waals surface area contributed by atoms with E-state index in [1.54, 1.807) is 32.9 Å². The average Bonchev–Trinajstić information content (AvgIpc) is 2.52. The van der Waals surface area contributed by atoms with E-state index >= 15 is 0 Å². The van der Waals surface area contributed by atoms with Crippen molar-refractivity contribution in [3.63, 3.8) is 0 Å². The van der Waals surface area contributed by atoms with Gasteiger partial charge in [0.1, 0.15) is 11.3 Å². The van der Waals surface area contributed by atoms with Crippen molar-refractivity contribution in [1.29, 1.82) is 0 Å². The summed E-state index contributed by atoms with van der Waals surface area (Å²) < 4.78 is 10.5. The maximum absolute atomic E-state index is 12.1. The van der Waals surface area contributed by atoms with Gasteiger partial charge in [0.2, 0.25) is 0 Å². The summed E-state index contributed by atoms with van der Waals surface area (Å²) in [5.41, 5.74) is 0.211. The summed E-state index contributed by atoms with van der Waals surface area (Å²) in [5, 5.41) is 5.44. The standard InChI is InChI=1S/C17H25N3O4/c1-17(2,3)24-16(22)20-13-6-7-14(18-10-13)15(21)19-9-12-5-4-8-23-11-12/h6-7,10,12H,4-5,8-9,11H2,1-3H3,(H,19,21)(H,20,22). The van der Waals surface area contributed by atoms with Gasteiger partial charge in [-0.05, 0) is 51.7 Å². The molecule has 0 bridgehead atoms. The lowest BCUT2D eigenvalue weighted by Crippen LogP contribution is -2.33. The van der Waals surface area contributed by atoms with Crippen LogP contribution in [0.5, 0.6) is 0 Å². The molecule has 1 aliphatic heterocycles. The largest absolute Gasteiger partial charge is 0.444 e. The van der Waals surface area contributed by atoms with Crippen LogP contribution < -0.4 is 10.6 Å². The van der Waals surface area contributed by atoms with E-state index in [2.05, 4.69) is 15.6 Å². The Morgan fingerprint density at radius 1 is 1.38 bits per heavy atom. The fourth-order valence-electron chi connectivity index (χ4n) is 2.32. The lowest BCUT2D eigenvalue weighted by atomic mass is 10.0. The van der Waals surface area contributed by atoms with Crippen LogP contribution in [-0.2, 0) is 9.47 Å². The van der Waals surface area contributed by atoms with Gasteiger partial charge in [0.05, 0.1) is 18.5 Å². The molecule has 132 valence electrons. The van der Waals surface area contributed by atoms with Crippen LogP contribution in [0.4, 0.5) is 10.5 Å². The van der Waals surface area contributed by atoms with E-state index in [1.807, 2.05) is 0 Å². The molecular formula is C17H25N3O4. The number of ether oxygens (including phenoxy) is 2. The molecule has 2 heterocycles. The lowest BCUT2D eigenvalue weighted by molar-refractivity contribution is 0.0535. The highest BCUT2D eigenvalue weighted by molar-refractivity contribution is 5.93. The predicted molar refractivity (Wildman–Crippen MR) is 90.0 cm³/mol. The first-order chi connectivity index (χ1) is 11.3. The van der Waals surface area contributed by atoms with E-state index < -0.39 is 11.7 Å². The van der Waals surface area contributed by atoms with Gasteiger partial charge in [-0.1, -0.05) is 0 Å². The molecule has 1 unspecified atom stereocenters. The Morgan fingerprint density at radius 2 is 2.17 bits per heavy atom. The van der Waals surface area contributed by atoms with Gasteiger partial charge < -0.3 is 14.8 Å². The van der Waals surface area contributed by atoms with Gasteiger partial charge in [0.25, 0.3) is 5.91 Å². The summed E-state index contributed by atoms with van der Waals surface area (Å²) in [4.78, 5) is 27.8. The number of hydrogen-bond donors (Lipinski definition) is 2. The van der Waals surface area contributed by atoms with Crippen LogP contribution in [0, 0.1) is 5.92 Å². The fraction of sp³-hybridized carbons (Fsp3) is 0.588. The molecule has 1 atom stereocenters. The van der Waals surface area contributed by atoms with Gasteiger partial charge in [-0.3, -0.25) is 10.1 Å². The smallest absolute Gasteiger partial charge is 0.412 e. The Kier molecular flexibility index (Phi) is 6.14. The highest BCUT2D eigenvalue weighted by Crippen LogP contribution is 2.13. The van der Waals surface area contributed by atoms with Gasteiger partial charge in [0, 0.05) is 13.2 Å². The zero-order valence-electron chi connectivity index (χ0n) is 14.4. The zero-order chi connectivity index (χ0) is 17.6. The van der Waals surface area contributed by atoms with Gasteiger partial charge in [-0.25, -0.2) is 9.78 Å². The summed E-state index contributed by atoms with van der Waals surface area (Å²) >= 11 is 0. The zero-order valence-corrected chi connectivity index (χ0v) is 14.4. The van der Waals surface area contributed by atoms with Gasteiger partial charge in [-0.2, -0.15) is 0 Å².